The van der Waals surface area contributed by atoms with Gasteiger partial charge in [0.25, 0.3) is 0 Å². The van der Waals surface area contributed by atoms with Crippen LogP contribution in [0.4, 0.5) is 0 Å². The van der Waals surface area contributed by atoms with Gasteiger partial charge in [-0.1, -0.05) is 26.3 Å². The molecule has 0 aromatic carbocycles. The predicted molar refractivity (Wildman–Crippen MR) is 71.8 cm³/mol. The Balaban J connectivity index is 2.06. The number of nitrogens with zero attached hydrogens (tertiary/aromatic N) is 1. The zero-order chi connectivity index (χ0) is 12.3. The van der Waals surface area contributed by atoms with Crippen LogP contribution in [0, 0.1) is 23.2 Å². The van der Waals surface area contributed by atoms with Crippen LogP contribution in [0.3, 0.4) is 0 Å². The number of nitriles is 1. The van der Waals surface area contributed by atoms with Crippen LogP contribution in [0.25, 0.3) is 0 Å². The first-order valence-electron chi connectivity index (χ1n) is 6.41. The van der Waals surface area contributed by atoms with Gasteiger partial charge >= 0.3 is 0 Å². The van der Waals surface area contributed by atoms with E-state index in [9.17, 15) is 0 Å². The molecule has 0 radical (unpaired) electrons. The van der Waals surface area contributed by atoms with Crippen molar-refractivity contribution in [1.82, 2.24) is 5.32 Å². The molecule has 0 amide bonds. The minimum absolute atomic E-state index is 0.205. The SMILES string of the molecule is CC(C)C(NC1CCCC1C#N)c1cccs1. The Morgan fingerprint density at radius 1 is 1.47 bits per heavy atom. The smallest absolute Gasteiger partial charge is 0.0672 e. The van der Waals surface area contributed by atoms with Gasteiger partial charge in [-0.15, -0.1) is 11.3 Å². The van der Waals surface area contributed by atoms with E-state index in [1.807, 2.05) is 0 Å². The van der Waals surface area contributed by atoms with Crippen molar-refractivity contribution < 1.29 is 0 Å². The molecule has 3 atom stereocenters. The van der Waals surface area contributed by atoms with Crippen LogP contribution in [0.5, 0.6) is 0 Å². The molecule has 1 N–H and O–H groups in total. The van der Waals surface area contributed by atoms with Gasteiger partial charge in [0, 0.05) is 17.0 Å². The molecule has 3 unspecified atom stereocenters. The highest BCUT2D eigenvalue weighted by atomic mass is 32.1. The van der Waals surface area contributed by atoms with E-state index in [-0.39, 0.29) is 5.92 Å². The minimum Gasteiger partial charge on any atom is -0.305 e. The summed E-state index contributed by atoms with van der Waals surface area (Å²) < 4.78 is 0. The second-order valence-corrected chi connectivity index (χ2v) is 6.16. The van der Waals surface area contributed by atoms with E-state index in [0.29, 0.717) is 18.0 Å². The van der Waals surface area contributed by atoms with Gasteiger partial charge in [0.15, 0.2) is 0 Å². The van der Waals surface area contributed by atoms with Gasteiger partial charge in [0.05, 0.1) is 12.0 Å². The fraction of sp³-hybridized carbons (Fsp3) is 0.643. The van der Waals surface area contributed by atoms with Crippen LogP contribution < -0.4 is 5.32 Å². The predicted octanol–water partition coefficient (Wildman–Crippen LogP) is 3.73. The quantitative estimate of drug-likeness (QED) is 0.881. The van der Waals surface area contributed by atoms with Gasteiger partial charge in [-0.2, -0.15) is 5.26 Å². The van der Waals surface area contributed by atoms with Crippen LogP contribution in [0.2, 0.25) is 0 Å². The molecule has 2 nitrogen and oxygen atoms in total. The molecule has 0 saturated heterocycles. The zero-order valence-electron chi connectivity index (χ0n) is 10.5. The molecule has 1 aliphatic rings. The van der Waals surface area contributed by atoms with Crippen molar-refractivity contribution in [2.75, 3.05) is 0 Å². The van der Waals surface area contributed by atoms with E-state index in [0.717, 1.165) is 12.8 Å². The summed E-state index contributed by atoms with van der Waals surface area (Å²) in [5.74, 6) is 0.768. The molecule has 0 spiro atoms. The second kappa shape index (κ2) is 5.66. The highest BCUT2D eigenvalue weighted by Crippen LogP contribution is 2.31. The molecular weight excluding hydrogens is 228 g/mol. The standard InChI is InChI=1S/C14H20N2S/c1-10(2)14(13-7-4-8-17-13)16-12-6-3-5-11(12)9-15/h4,7-8,10-12,14,16H,3,5-6H2,1-2H3. The van der Waals surface area contributed by atoms with Crippen molar-refractivity contribution >= 4 is 11.3 Å². The van der Waals surface area contributed by atoms with E-state index in [1.165, 1.54) is 11.3 Å². The van der Waals surface area contributed by atoms with E-state index >= 15 is 0 Å². The minimum atomic E-state index is 0.205. The third-order valence-electron chi connectivity index (χ3n) is 3.59. The van der Waals surface area contributed by atoms with Crippen LogP contribution in [-0.2, 0) is 0 Å². The van der Waals surface area contributed by atoms with Crippen LogP contribution in [-0.4, -0.2) is 6.04 Å². The molecule has 1 aromatic rings. The van der Waals surface area contributed by atoms with Gasteiger partial charge in [-0.3, -0.25) is 0 Å². The molecule has 1 aromatic heterocycles. The first-order chi connectivity index (χ1) is 8.22. The van der Waals surface area contributed by atoms with E-state index in [1.54, 1.807) is 11.3 Å². The number of nitrogens with one attached hydrogen (secondary N) is 1. The molecule has 3 heteroatoms. The molecule has 1 heterocycles. The van der Waals surface area contributed by atoms with Gasteiger partial charge in [0.1, 0.15) is 0 Å². The fourth-order valence-corrected chi connectivity index (χ4v) is 3.57. The summed E-state index contributed by atoms with van der Waals surface area (Å²) >= 11 is 1.81. The fourth-order valence-electron chi connectivity index (χ4n) is 2.62. The van der Waals surface area contributed by atoms with Crippen LogP contribution in [0.15, 0.2) is 17.5 Å². The molecule has 2 rings (SSSR count). The summed E-state index contributed by atoms with van der Waals surface area (Å²) in [6.45, 7) is 4.49. The average Bonchev–Trinajstić information content (AvgIpc) is 2.96. The third-order valence-corrected chi connectivity index (χ3v) is 4.55. The molecular formula is C14H20N2S. The first kappa shape index (κ1) is 12.6. The maximum Gasteiger partial charge on any atom is 0.0672 e. The molecule has 0 bridgehead atoms. The van der Waals surface area contributed by atoms with Crippen molar-refractivity contribution in [3.63, 3.8) is 0 Å². The molecule has 1 fully saturated rings. The Morgan fingerprint density at radius 3 is 2.88 bits per heavy atom. The molecule has 92 valence electrons. The van der Waals surface area contributed by atoms with Crippen LogP contribution in [0.1, 0.15) is 44.0 Å². The summed E-state index contributed by atoms with van der Waals surface area (Å²) in [5.41, 5.74) is 0. The van der Waals surface area contributed by atoms with Gasteiger partial charge < -0.3 is 5.32 Å². The van der Waals surface area contributed by atoms with Crippen molar-refractivity contribution in [2.45, 2.75) is 45.2 Å². The van der Waals surface area contributed by atoms with Crippen molar-refractivity contribution in [2.24, 2.45) is 11.8 Å². The maximum absolute atomic E-state index is 9.13. The summed E-state index contributed by atoms with van der Waals surface area (Å²) in [4.78, 5) is 1.39. The van der Waals surface area contributed by atoms with Gasteiger partial charge in [0.2, 0.25) is 0 Å². The van der Waals surface area contributed by atoms with Gasteiger partial charge in [-0.05, 0) is 30.2 Å². The number of thiophene rings is 1. The number of rotatable bonds is 4. The van der Waals surface area contributed by atoms with E-state index < -0.39 is 0 Å². The lowest BCUT2D eigenvalue weighted by molar-refractivity contribution is 0.342. The third kappa shape index (κ3) is 2.88. The van der Waals surface area contributed by atoms with Crippen LogP contribution >= 0.6 is 11.3 Å². The van der Waals surface area contributed by atoms with Crippen molar-refractivity contribution in [1.29, 1.82) is 5.26 Å². The topological polar surface area (TPSA) is 35.8 Å². The first-order valence-corrected chi connectivity index (χ1v) is 7.29. The summed E-state index contributed by atoms with van der Waals surface area (Å²) in [7, 11) is 0. The molecule has 17 heavy (non-hydrogen) atoms. The number of hydrogen-bond acceptors (Lipinski definition) is 3. The Hall–Kier alpha value is -0.850. The second-order valence-electron chi connectivity index (χ2n) is 5.18. The Morgan fingerprint density at radius 2 is 2.29 bits per heavy atom. The lowest BCUT2D eigenvalue weighted by Crippen LogP contribution is -2.37. The largest absolute Gasteiger partial charge is 0.305 e. The maximum atomic E-state index is 9.13. The van der Waals surface area contributed by atoms with E-state index in [4.69, 9.17) is 5.26 Å². The summed E-state index contributed by atoms with van der Waals surface area (Å²) in [5, 5.41) is 15.0. The summed E-state index contributed by atoms with van der Waals surface area (Å²) in [6, 6.07) is 7.52. The Bertz CT molecular complexity index is 377. The van der Waals surface area contributed by atoms with Crippen molar-refractivity contribution in [3.05, 3.63) is 22.4 Å². The Kier molecular flexibility index (Phi) is 4.20. The highest BCUT2D eigenvalue weighted by molar-refractivity contribution is 7.10. The van der Waals surface area contributed by atoms with E-state index in [2.05, 4.69) is 42.7 Å². The van der Waals surface area contributed by atoms with Crippen molar-refractivity contribution in [3.8, 4) is 6.07 Å². The Labute approximate surface area is 108 Å². The molecule has 0 aliphatic heterocycles. The monoisotopic (exact) mass is 248 g/mol. The number of hydrogen-bond donors (Lipinski definition) is 1. The zero-order valence-corrected chi connectivity index (χ0v) is 11.3. The molecule has 1 saturated carbocycles. The summed E-state index contributed by atoms with van der Waals surface area (Å²) in [6.07, 6.45) is 3.39. The average molecular weight is 248 g/mol. The normalized spacial score (nSPS) is 26.0. The lowest BCUT2D eigenvalue weighted by Gasteiger charge is -2.26. The highest BCUT2D eigenvalue weighted by Gasteiger charge is 2.30. The lowest BCUT2D eigenvalue weighted by atomic mass is 9.98. The van der Waals surface area contributed by atoms with Gasteiger partial charge in [-0.25, -0.2) is 0 Å². The molecule has 1 aliphatic carbocycles.